The van der Waals surface area contributed by atoms with E-state index in [0.717, 1.165) is 86.2 Å². The van der Waals surface area contributed by atoms with Crippen LogP contribution in [0.5, 0.6) is 28.7 Å². The Hall–Kier alpha value is -7.77. The summed E-state index contributed by atoms with van der Waals surface area (Å²) >= 11 is 0. The van der Waals surface area contributed by atoms with Crippen LogP contribution in [0.4, 0.5) is 0 Å². The van der Waals surface area contributed by atoms with Crippen molar-refractivity contribution in [2.24, 2.45) is 45.2 Å². The number of fused-ring (bicyclic) bond motifs is 8. The Balaban J connectivity index is 0.900. The first kappa shape index (κ1) is 57.9. The van der Waals surface area contributed by atoms with Gasteiger partial charge >= 0.3 is 5.97 Å². The van der Waals surface area contributed by atoms with Crippen molar-refractivity contribution in [3.8, 4) is 52.4 Å². The summed E-state index contributed by atoms with van der Waals surface area (Å²) in [6.07, 6.45) is 24.2. The molecule has 4 aliphatic carbocycles. The number of ether oxygens (including phenoxy) is 4. The van der Waals surface area contributed by atoms with Gasteiger partial charge in [0.05, 0.1) is 47.5 Å². The van der Waals surface area contributed by atoms with Crippen molar-refractivity contribution >= 4 is 22.8 Å². The van der Waals surface area contributed by atoms with Gasteiger partial charge in [-0.2, -0.15) is 0 Å². The molecule has 15 atom stereocenters. The van der Waals surface area contributed by atoms with E-state index in [9.17, 15) is 25.2 Å². The third-order valence-corrected chi connectivity index (χ3v) is 21.3. The Morgan fingerprint density at radius 3 is 2.70 bits per heavy atom. The minimum absolute atomic E-state index is 0.00759. The molecule has 9 aliphatic rings. The number of dihydropyridines is 1. The molecule has 2 aromatic carbocycles. The maximum Gasteiger partial charge on any atom is 0.302 e. The highest BCUT2D eigenvalue weighted by Crippen LogP contribution is 2.56. The molecule has 0 amide bonds. The van der Waals surface area contributed by atoms with E-state index in [1.54, 1.807) is 24.5 Å². The summed E-state index contributed by atoms with van der Waals surface area (Å²) in [5.41, 5.74) is 9.16. The van der Waals surface area contributed by atoms with Crippen molar-refractivity contribution in [3.05, 3.63) is 120 Å². The minimum atomic E-state index is -1.08. The van der Waals surface area contributed by atoms with Gasteiger partial charge in [0.1, 0.15) is 24.6 Å². The SMILES string of the molecule is CC(=O)O[C@H]1C[C@@H](c2cc(O)c(O)c(OCCc3cccnc3)c2)O[C@@H]([C@]23CC#C[C@H]4CCCC[C@@H]4N[C@@H](O)[C@H]4[C@H](n5cc6cc[nH]c6c5)N=C(N[C@H]5CC[C@H]6CC[C@]5(CC5=CCNC(N)=C5)C6)N[C@]45CCC[C@@H](Oc4cc(ccc4O)C2)[C@@H]5C#CC3)C1. The van der Waals surface area contributed by atoms with Crippen LogP contribution < -0.4 is 36.5 Å². The largest absolute Gasteiger partial charge is 0.504 e. The average molecular weight is 1190 g/mol. The van der Waals surface area contributed by atoms with Crippen LogP contribution >= 0.6 is 0 Å². The van der Waals surface area contributed by atoms with Crippen molar-refractivity contribution in [3.63, 3.8) is 0 Å². The predicted molar refractivity (Wildman–Crippen MR) is 332 cm³/mol. The van der Waals surface area contributed by atoms with Crippen LogP contribution in [-0.4, -0.2) is 102 Å². The van der Waals surface area contributed by atoms with Gasteiger partial charge in [-0.3, -0.25) is 15.1 Å². The first-order chi connectivity index (χ1) is 42.8. The number of esters is 1. The highest BCUT2D eigenvalue weighted by Gasteiger charge is 2.60. The number of aromatic amines is 1. The third-order valence-electron chi connectivity index (χ3n) is 21.3. The lowest BCUT2D eigenvalue weighted by Crippen LogP contribution is -2.73. The Bertz CT molecular complexity index is 3620. The van der Waals surface area contributed by atoms with E-state index in [-0.39, 0.29) is 59.4 Å². The highest BCUT2D eigenvalue weighted by atomic mass is 16.6. The van der Waals surface area contributed by atoms with Gasteiger partial charge in [0.25, 0.3) is 0 Å². The fraction of sp³-hybridized carbons (Fsp3) is 0.529. The number of phenols is 3. The standard InChI is InChI=1S/C70H83N9O9/c1-42(80)86-50-34-57(49-32-55(82)64(83)59(33-49)85-29-21-44-8-7-26-72-39-44)88-61(35-50)68-22-4-10-47-9-2-3-12-52(47)75-66(84)63-65(79-40-48-20-28-73-53(48)41-79)77-67(76-60-17-15-43-18-25-69(60,36-43)38-46-19-27-74-62(71)31-46)78-70(63)24-6-13-56(51(70)11-5-23-68)87-58-30-45(37-68)14-16-54(58)81/h7-8,14,16,19-20,26,28,30-33,39-41,43,47,50-52,56-57,60-61,63,65-66,73-75,81-84H,2-3,6,9,12-13,15,17-18,21-25,27,29,34-38,71H2,1H3,(H2,76,77,78)/t43-,47+,50-,51-,52-,56+,57-,60-,61+,63+,65-,66-,68-,69+,70-/m0/s1. The van der Waals surface area contributed by atoms with Crippen LogP contribution in [0, 0.1) is 58.2 Å². The number of carbonyl (C=O) groups excluding carboxylic acids is 1. The lowest BCUT2D eigenvalue weighted by molar-refractivity contribution is -0.174. The number of H-pyrrole nitrogens is 1. The normalized spacial score (nSPS) is 34.1. The van der Waals surface area contributed by atoms with Crippen LogP contribution in [0.2, 0.25) is 0 Å². The number of carbonyl (C=O) groups is 1. The number of hydrogen-bond acceptors (Lipinski definition) is 16. The van der Waals surface area contributed by atoms with Crippen LogP contribution in [0.15, 0.2) is 108 Å². The molecule has 11 N–H and O–H groups in total. The number of aliphatic hydroxyl groups excluding tert-OH is 1. The van der Waals surface area contributed by atoms with Crippen LogP contribution in [0.1, 0.15) is 145 Å². The van der Waals surface area contributed by atoms with E-state index in [4.69, 9.17) is 29.7 Å². The first-order valence-corrected chi connectivity index (χ1v) is 32.2. The van der Waals surface area contributed by atoms with Gasteiger partial charge in [-0.1, -0.05) is 42.9 Å². The highest BCUT2D eigenvalue weighted by molar-refractivity contribution is 5.83. The third kappa shape index (κ3) is 11.4. The van der Waals surface area contributed by atoms with E-state index in [1.807, 2.05) is 30.5 Å². The second kappa shape index (κ2) is 24.0. The summed E-state index contributed by atoms with van der Waals surface area (Å²) in [5, 5.41) is 64.6. The average Bonchev–Trinajstić information content (AvgIpc) is 1.26. The number of guanidine groups is 1. The summed E-state index contributed by atoms with van der Waals surface area (Å²) < 4.78 is 29.3. The number of benzene rings is 2. The number of aliphatic imine (C=N–C) groups is 1. The van der Waals surface area contributed by atoms with E-state index in [0.29, 0.717) is 80.5 Å². The number of aliphatic hydroxyl groups is 1. The molecule has 5 aromatic rings. The molecule has 8 heterocycles. The van der Waals surface area contributed by atoms with Gasteiger partial charge < -0.3 is 70.6 Å². The fourth-order valence-electron chi connectivity index (χ4n) is 17.1. The molecule has 4 saturated carbocycles. The van der Waals surface area contributed by atoms with Gasteiger partial charge in [0, 0.05) is 105 Å². The summed E-state index contributed by atoms with van der Waals surface area (Å²) in [5.74, 6) is 15.4. The van der Waals surface area contributed by atoms with Crippen molar-refractivity contribution in [1.29, 1.82) is 0 Å². The number of nitrogens with zero attached hydrogens (tertiary/aromatic N) is 3. The molecular formula is C70H83N9O9. The summed E-state index contributed by atoms with van der Waals surface area (Å²) in [6.45, 7) is 2.34. The Morgan fingerprint density at radius 2 is 1.85 bits per heavy atom. The van der Waals surface area contributed by atoms with E-state index in [1.165, 1.54) is 25.0 Å². The van der Waals surface area contributed by atoms with Gasteiger partial charge in [-0.05, 0) is 153 Å². The quantitative estimate of drug-likeness (QED) is 0.0336. The van der Waals surface area contributed by atoms with Crippen LogP contribution in [0.25, 0.3) is 10.9 Å². The van der Waals surface area contributed by atoms with Crippen molar-refractivity contribution in [1.82, 2.24) is 35.8 Å². The lowest BCUT2D eigenvalue weighted by Gasteiger charge is -2.56. The molecule has 1 spiro atoms. The minimum Gasteiger partial charge on any atom is -0.504 e. The van der Waals surface area contributed by atoms with E-state index >= 15 is 0 Å². The summed E-state index contributed by atoms with van der Waals surface area (Å²) in [7, 11) is 0. The number of phenolic OH excluding ortho intramolecular Hbond substituents is 3. The molecule has 6 bridgehead atoms. The predicted octanol–water partition coefficient (Wildman–Crippen LogP) is 9.08. The molecular weight excluding hydrogens is 1110 g/mol. The maximum atomic E-state index is 13.6. The van der Waals surface area contributed by atoms with Crippen molar-refractivity contribution in [2.45, 2.75) is 183 Å². The van der Waals surface area contributed by atoms with Crippen molar-refractivity contribution < 1.29 is 44.2 Å². The molecule has 14 rings (SSSR count). The van der Waals surface area contributed by atoms with Gasteiger partial charge in [-0.15, -0.1) is 11.8 Å². The molecule has 0 radical (unpaired) electrons. The van der Waals surface area contributed by atoms with Gasteiger partial charge in [-0.25, -0.2) is 4.99 Å². The molecule has 1 saturated heterocycles. The Morgan fingerprint density at radius 1 is 0.966 bits per heavy atom. The van der Waals surface area contributed by atoms with Crippen LogP contribution in [0.3, 0.4) is 0 Å². The summed E-state index contributed by atoms with van der Waals surface area (Å²) in [6, 6.07) is 14.6. The monoisotopic (exact) mass is 1190 g/mol. The molecule has 88 heavy (non-hydrogen) atoms. The fourth-order valence-corrected chi connectivity index (χ4v) is 17.1. The number of allylic oxidation sites excluding steroid dienone is 2. The zero-order valence-corrected chi connectivity index (χ0v) is 50.2. The Kier molecular flexibility index (Phi) is 15.8. The zero-order chi connectivity index (χ0) is 60.2. The van der Waals surface area contributed by atoms with Gasteiger partial charge in [0.2, 0.25) is 5.75 Å². The van der Waals surface area contributed by atoms with E-state index in [2.05, 4.69) is 90.1 Å². The number of pyridine rings is 1. The number of rotatable bonds is 11. The molecule has 3 aromatic heterocycles. The summed E-state index contributed by atoms with van der Waals surface area (Å²) in [4.78, 5) is 26.6. The molecule has 18 heteroatoms. The molecule has 462 valence electrons. The zero-order valence-electron chi connectivity index (χ0n) is 50.2. The second-order valence-electron chi connectivity index (χ2n) is 27.0. The molecule has 18 nitrogen and oxygen atoms in total. The topological polar surface area (TPSA) is 255 Å². The Labute approximate surface area is 514 Å². The number of hydrogen-bond donors (Lipinski definition) is 10. The van der Waals surface area contributed by atoms with Gasteiger partial charge in [0.15, 0.2) is 29.0 Å². The van der Waals surface area contributed by atoms with E-state index < -0.39 is 65.6 Å². The second-order valence-corrected chi connectivity index (χ2v) is 27.0. The maximum absolute atomic E-state index is 13.6. The molecule has 5 aliphatic heterocycles. The lowest BCUT2D eigenvalue weighted by atomic mass is 9.62. The van der Waals surface area contributed by atoms with Crippen LogP contribution in [-0.2, 0) is 27.1 Å². The van der Waals surface area contributed by atoms with Crippen molar-refractivity contribution in [2.75, 3.05) is 13.2 Å². The smallest absolute Gasteiger partial charge is 0.302 e. The first-order valence-electron chi connectivity index (χ1n) is 32.2. The number of aromatic nitrogens is 3. The molecule has 0 unspecified atom stereocenters. The molecule has 5 fully saturated rings. The number of nitrogens with two attached hydrogens (primary N) is 1. The number of nitrogens with one attached hydrogen (secondary N) is 5. The number of aromatic hydroxyl groups is 3.